The third-order valence-corrected chi connectivity index (χ3v) is 2.85. The molecule has 0 aliphatic carbocycles. The second-order valence-corrected chi connectivity index (χ2v) is 5.54. The van der Waals surface area contributed by atoms with Crippen molar-refractivity contribution >= 4 is 15.9 Å². The minimum Gasteiger partial charge on any atom is -0.493 e. The quantitative estimate of drug-likeness (QED) is 0.822. The van der Waals surface area contributed by atoms with Gasteiger partial charge in [0.1, 0.15) is 5.75 Å². The summed E-state index contributed by atoms with van der Waals surface area (Å²) < 4.78 is 6.84. The Labute approximate surface area is 113 Å². The second-order valence-electron chi connectivity index (χ2n) is 4.63. The first kappa shape index (κ1) is 14.5. The Morgan fingerprint density at radius 1 is 1.35 bits per heavy atom. The molecular formula is C14H22BrNO. The highest BCUT2D eigenvalue weighted by atomic mass is 79.9. The van der Waals surface area contributed by atoms with Crippen LogP contribution in [-0.4, -0.2) is 13.2 Å². The van der Waals surface area contributed by atoms with E-state index in [-0.39, 0.29) is 0 Å². The predicted octanol–water partition coefficient (Wildman–Crippen LogP) is 3.98. The van der Waals surface area contributed by atoms with Gasteiger partial charge in [0.25, 0.3) is 0 Å². The highest BCUT2D eigenvalue weighted by Gasteiger charge is 2.04. The highest BCUT2D eigenvalue weighted by Crippen LogP contribution is 2.23. The fourth-order valence-electron chi connectivity index (χ4n) is 1.53. The molecule has 1 rings (SSSR count). The number of hydrogen-bond donors (Lipinski definition) is 1. The van der Waals surface area contributed by atoms with Crippen LogP contribution in [-0.2, 0) is 6.54 Å². The van der Waals surface area contributed by atoms with Crippen LogP contribution in [0, 0.1) is 5.92 Å². The van der Waals surface area contributed by atoms with Gasteiger partial charge >= 0.3 is 0 Å². The zero-order valence-electron chi connectivity index (χ0n) is 10.9. The summed E-state index contributed by atoms with van der Waals surface area (Å²) in [4.78, 5) is 0. The van der Waals surface area contributed by atoms with Crippen molar-refractivity contribution in [3.63, 3.8) is 0 Å². The number of rotatable bonds is 7. The fraction of sp³-hybridized carbons (Fsp3) is 0.571. The van der Waals surface area contributed by atoms with Crippen molar-refractivity contribution in [2.24, 2.45) is 5.92 Å². The van der Waals surface area contributed by atoms with Gasteiger partial charge < -0.3 is 10.1 Å². The molecule has 0 radical (unpaired) electrons. The molecule has 17 heavy (non-hydrogen) atoms. The van der Waals surface area contributed by atoms with E-state index >= 15 is 0 Å². The van der Waals surface area contributed by atoms with Gasteiger partial charge in [-0.15, -0.1) is 0 Å². The van der Waals surface area contributed by atoms with Gasteiger partial charge in [-0.1, -0.05) is 36.7 Å². The minimum atomic E-state index is 0.669. The van der Waals surface area contributed by atoms with E-state index in [1.807, 2.05) is 12.1 Å². The van der Waals surface area contributed by atoms with Crippen molar-refractivity contribution < 1.29 is 4.74 Å². The standard InChI is InChI=1S/C14H22BrNO/c1-4-7-17-14-6-5-13(15)8-12(14)10-16-9-11(2)3/h5-6,8,11,16H,4,7,9-10H2,1-3H3. The fourth-order valence-corrected chi connectivity index (χ4v) is 1.94. The molecule has 0 atom stereocenters. The summed E-state index contributed by atoms with van der Waals surface area (Å²) in [6.45, 7) is 9.20. The van der Waals surface area contributed by atoms with Crippen LogP contribution in [0.25, 0.3) is 0 Å². The number of benzene rings is 1. The van der Waals surface area contributed by atoms with Gasteiger partial charge in [-0.3, -0.25) is 0 Å². The van der Waals surface area contributed by atoms with Crippen molar-refractivity contribution in [1.82, 2.24) is 5.32 Å². The lowest BCUT2D eigenvalue weighted by atomic mass is 10.2. The summed E-state index contributed by atoms with van der Waals surface area (Å²) in [7, 11) is 0. The molecular weight excluding hydrogens is 278 g/mol. The molecule has 0 aliphatic heterocycles. The molecule has 1 N–H and O–H groups in total. The molecule has 0 saturated heterocycles. The van der Waals surface area contributed by atoms with Gasteiger partial charge in [0.05, 0.1) is 6.61 Å². The van der Waals surface area contributed by atoms with Crippen LogP contribution in [0.15, 0.2) is 22.7 Å². The Morgan fingerprint density at radius 2 is 2.12 bits per heavy atom. The van der Waals surface area contributed by atoms with Gasteiger partial charge in [-0.05, 0) is 37.1 Å². The predicted molar refractivity (Wildman–Crippen MR) is 76.5 cm³/mol. The maximum atomic E-state index is 5.74. The molecule has 1 aromatic rings. The SMILES string of the molecule is CCCOc1ccc(Br)cc1CNCC(C)C. The topological polar surface area (TPSA) is 21.3 Å². The van der Waals surface area contributed by atoms with E-state index in [0.717, 1.165) is 36.3 Å². The Kier molecular flexibility index (Phi) is 6.60. The molecule has 0 bridgehead atoms. The lowest BCUT2D eigenvalue weighted by molar-refractivity contribution is 0.313. The molecule has 96 valence electrons. The molecule has 1 aromatic carbocycles. The van der Waals surface area contributed by atoms with Crippen LogP contribution >= 0.6 is 15.9 Å². The van der Waals surface area contributed by atoms with Gasteiger partial charge in [-0.2, -0.15) is 0 Å². The van der Waals surface area contributed by atoms with Gasteiger partial charge in [0.15, 0.2) is 0 Å². The Balaban J connectivity index is 2.62. The average Bonchev–Trinajstić information content (AvgIpc) is 2.27. The second kappa shape index (κ2) is 7.72. The molecule has 3 heteroatoms. The molecule has 0 aliphatic rings. The molecule has 0 spiro atoms. The number of halogens is 1. The summed E-state index contributed by atoms with van der Waals surface area (Å²) in [5.41, 5.74) is 1.22. The lowest BCUT2D eigenvalue weighted by Gasteiger charge is -2.13. The van der Waals surface area contributed by atoms with E-state index in [0.29, 0.717) is 5.92 Å². The molecule has 0 amide bonds. The number of nitrogens with one attached hydrogen (secondary N) is 1. The first-order valence-electron chi connectivity index (χ1n) is 6.25. The van der Waals surface area contributed by atoms with Gasteiger partial charge in [-0.25, -0.2) is 0 Å². The van der Waals surface area contributed by atoms with Crippen LogP contribution < -0.4 is 10.1 Å². The van der Waals surface area contributed by atoms with E-state index in [9.17, 15) is 0 Å². The van der Waals surface area contributed by atoms with Crippen LogP contribution in [0.3, 0.4) is 0 Å². The van der Waals surface area contributed by atoms with Crippen LogP contribution in [0.5, 0.6) is 5.75 Å². The third-order valence-electron chi connectivity index (χ3n) is 2.35. The van der Waals surface area contributed by atoms with Crippen molar-refractivity contribution in [3.8, 4) is 5.75 Å². The van der Waals surface area contributed by atoms with Gasteiger partial charge in [0.2, 0.25) is 0 Å². The molecule has 0 aromatic heterocycles. The monoisotopic (exact) mass is 299 g/mol. The molecule has 0 fully saturated rings. The van der Waals surface area contributed by atoms with E-state index in [1.54, 1.807) is 0 Å². The minimum absolute atomic E-state index is 0.669. The lowest BCUT2D eigenvalue weighted by Crippen LogP contribution is -2.19. The molecule has 0 saturated carbocycles. The van der Waals surface area contributed by atoms with Crippen molar-refractivity contribution in [1.29, 1.82) is 0 Å². The highest BCUT2D eigenvalue weighted by molar-refractivity contribution is 9.10. The largest absolute Gasteiger partial charge is 0.493 e. The van der Waals surface area contributed by atoms with E-state index in [2.05, 4.69) is 48.1 Å². The van der Waals surface area contributed by atoms with Crippen molar-refractivity contribution in [2.75, 3.05) is 13.2 Å². The normalized spacial score (nSPS) is 10.9. The summed E-state index contributed by atoms with van der Waals surface area (Å²) >= 11 is 3.50. The maximum Gasteiger partial charge on any atom is 0.123 e. The van der Waals surface area contributed by atoms with Crippen LogP contribution in [0.1, 0.15) is 32.8 Å². The van der Waals surface area contributed by atoms with Crippen LogP contribution in [0.4, 0.5) is 0 Å². The summed E-state index contributed by atoms with van der Waals surface area (Å²) in [5.74, 6) is 1.66. The number of hydrogen-bond acceptors (Lipinski definition) is 2. The zero-order chi connectivity index (χ0) is 12.7. The Morgan fingerprint density at radius 3 is 2.76 bits per heavy atom. The van der Waals surface area contributed by atoms with Crippen molar-refractivity contribution in [3.05, 3.63) is 28.2 Å². The van der Waals surface area contributed by atoms with E-state index in [1.165, 1.54) is 5.56 Å². The van der Waals surface area contributed by atoms with Crippen molar-refractivity contribution in [2.45, 2.75) is 33.7 Å². The van der Waals surface area contributed by atoms with Gasteiger partial charge in [0, 0.05) is 16.6 Å². The average molecular weight is 300 g/mol. The van der Waals surface area contributed by atoms with E-state index < -0.39 is 0 Å². The van der Waals surface area contributed by atoms with Crippen LogP contribution in [0.2, 0.25) is 0 Å². The summed E-state index contributed by atoms with van der Waals surface area (Å²) in [6.07, 6.45) is 1.04. The first-order valence-corrected chi connectivity index (χ1v) is 7.04. The first-order chi connectivity index (χ1) is 8.13. The smallest absolute Gasteiger partial charge is 0.123 e. The molecule has 0 unspecified atom stereocenters. The summed E-state index contributed by atoms with van der Waals surface area (Å²) in [6, 6.07) is 6.18. The van der Waals surface area contributed by atoms with E-state index in [4.69, 9.17) is 4.74 Å². The third kappa shape index (κ3) is 5.55. The molecule has 0 heterocycles. The Hall–Kier alpha value is -0.540. The number of ether oxygens (including phenoxy) is 1. The zero-order valence-corrected chi connectivity index (χ0v) is 12.5. The Bertz CT molecular complexity index is 339. The maximum absolute atomic E-state index is 5.74. The summed E-state index contributed by atoms with van der Waals surface area (Å²) in [5, 5.41) is 3.44. The molecule has 2 nitrogen and oxygen atoms in total.